The van der Waals surface area contributed by atoms with E-state index in [-0.39, 0.29) is 11.6 Å². The molecule has 0 bridgehead atoms. The number of nitrogen functional groups attached to an aromatic ring is 1. The van der Waals surface area contributed by atoms with E-state index >= 15 is 0 Å². The van der Waals surface area contributed by atoms with Gasteiger partial charge < -0.3 is 10.6 Å². The fraction of sp³-hybridized carbons (Fsp3) is 0.308. The fourth-order valence-corrected chi connectivity index (χ4v) is 1.72. The van der Waals surface area contributed by atoms with Crippen molar-refractivity contribution in [2.24, 2.45) is 0 Å². The van der Waals surface area contributed by atoms with Crippen molar-refractivity contribution in [2.45, 2.75) is 12.6 Å². The van der Waals surface area contributed by atoms with Crippen LogP contribution in [0.4, 0.5) is 24.8 Å². The first kappa shape index (κ1) is 15.0. The molecule has 2 rings (SSSR count). The van der Waals surface area contributed by atoms with Crippen molar-refractivity contribution in [1.82, 2.24) is 15.0 Å². The summed E-state index contributed by atoms with van der Waals surface area (Å²) >= 11 is 0. The van der Waals surface area contributed by atoms with E-state index in [1.165, 1.54) is 6.07 Å². The van der Waals surface area contributed by atoms with E-state index in [1.54, 1.807) is 24.2 Å². The van der Waals surface area contributed by atoms with Gasteiger partial charge in [-0.05, 0) is 12.1 Å². The molecular weight excluding hydrogens is 283 g/mol. The summed E-state index contributed by atoms with van der Waals surface area (Å²) in [5.41, 5.74) is 6.26. The standard InChI is InChI=1S/C13H14F3N5/c1-21(7-5-9-4-2-3-6-18-9)11-8-10(17)19-12(20-11)13(14,15)16/h2-4,6,8H,5,7H2,1H3,(H2,17,19,20). The van der Waals surface area contributed by atoms with Crippen LogP contribution < -0.4 is 10.6 Å². The zero-order valence-electron chi connectivity index (χ0n) is 11.3. The summed E-state index contributed by atoms with van der Waals surface area (Å²) in [4.78, 5) is 12.5. The first-order chi connectivity index (χ1) is 9.86. The van der Waals surface area contributed by atoms with Crippen molar-refractivity contribution in [3.63, 3.8) is 0 Å². The lowest BCUT2D eigenvalue weighted by molar-refractivity contribution is -0.144. The summed E-state index contributed by atoms with van der Waals surface area (Å²) in [6, 6.07) is 6.82. The summed E-state index contributed by atoms with van der Waals surface area (Å²) in [6.07, 6.45) is -2.37. The Kier molecular flexibility index (Phi) is 4.25. The molecule has 2 N–H and O–H groups in total. The predicted octanol–water partition coefficient (Wildman–Crippen LogP) is 2.15. The number of halogens is 3. The highest BCUT2D eigenvalue weighted by Gasteiger charge is 2.35. The second-order valence-corrected chi connectivity index (χ2v) is 4.47. The van der Waals surface area contributed by atoms with Crippen LogP contribution in [0.25, 0.3) is 0 Å². The van der Waals surface area contributed by atoms with Gasteiger partial charge in [-0.3, -0.25) is 4.98 Å². The molecule has 0 fully saturated rings. The van der Waals surface area contributed by atoms with Crippen LogP contribution in [0.2, 0.25) is 0 Å². The number of pyridine rings is 1. The second kappa shape index (κ2) is 5.94. The molecule has 0 unspecified atom stereocenters. The van der Waals surface area contributed by atoms with Gasteiger partial charge in [0.1, 0.15) is 11.6 Å². The lowest BCUT2D eigenvalue weighted by atomic mass is 10.2. The highest BCUT2D eigenvalue weighted by molar-refractivity contribution is 5.46. The molecule has 0 aromatic carbocycles. The molecule has 0 spiro atoms. The molecule has 0 atom stereocenters. The van der Waals surface area contributed by atoms with Crippen LogP contribution in [-0.4, -0.2) is 28.5 Å². The van der Waals surface area contributed by atoms with Gasteiger partial charge in [-0.15, -0.1) is 0 Å². The summed E-state index contributed by atoms with van der Waals surface area (Å²) in [5, 5.41) is 0. The van der Waals surface area contributed by atoms with Crippen LogP contribution in [-0.2, 0) is 12.6 Å². The highest BCUT2D eigenvalue weighted by Crippen LogP contribution is 2.28. The van der Waals surface area contributed by atoms with E-state index in [4.69, 9.17) is 5.73 Å². The maximum Gasteiger partial charge on any atom is 0.451 e. The number of rotatable bonds is 4. The molecule has 112 valence electrons. The SMILES string of the molecule is CN(CCc1ccccn1)c1cc(N)nc(C(F)(F)F)n1. The second-order valence-electron chi connectivity index (χ2n) is 4.47. The van der Waals surface area contributed by atoms with Crippen LogP contribution in [0.1, 0.15) is 11.5 Å². The molecule has 2 aromatic rings. The molecule has 5 nitrogen and oxygen atoms in total. The minimum absolute atomic E-state index is 0.130. The Labute approximate surface area is 119 Å². The number of likely N-dealkylation sites (N-methyl/N-ethyl adjacent to an activating group) is 1. The Morgan fingerprint density at radius 1 is 1.24 bits per heavy atom. The van der Waals surface area contributed by atoms with Gasteiger partial charge in [-0.1, -0.05) is 6.07 Å². The fourth-order valence-electron chi connectivity index (χ4n) is 1.72. The highest BCUT2D eigenvalue weighted by atomic mass is 19.4. The summed E-state index contributed by atoms with van der Waals surface area (Å²) in [5.74, 6) is -1.31. The van der Waals surface area contributed by atoms with E-state index in [2.05, 4.69) is 15.0 Å². The average Bonchev–Trinajstić information content (AvgIpc) is 2.44. The lowest BCUT2D eigenvalue weighted by Crippen LogP contribution is -2.24. The van der Waals surface area contributed by atoms with Crippen LogP contribution in [0, 0.1) is 0 Å². The van der Waals surface area contributed by atoms with Crippen molar-refractivity contribution >= 4 is 11.6 Å². The largest absolute Gasteiger partial charge is 0.451 e. The first-order valence-corrected chi connectivity index (χ1v) is 6.19. The van der Waals surface area contributed by atoms with Crippen molar-refractivity contribution < 1.29 is 13.2 Å². The zero-order valence-corrected chi connectivity index (χ0v) is 11.3. The summed E-state index contributed by atoms with van der Waals surface area (Å²) in [7, 11) is 1.64. The first-order valence-electron chi connectivity index (χ1n) is 6.19. The Bertz CT molecular complexity index is 601. The van der Waals surface area contributed by atoms with E-state index < -0.39 is 12.0 Å². The third kappa shape index (κ3) is 4.04. The lowest BCUT2D eigenvalue weighted by Gasteiger charge is -2.19. The maximum atomic E-state index is 12.7. The molecule has 2 heterocycles. The van der Waals surface area contributed by atoms with Gasteiger partial charge in [-0.25, -0.2) is 9.97 Å². The van der Waals surface area contributed by atoms with Gasteiger partial charge >= 0.3 is 6.18 Å². The number of nitrogens with zero attached hydrogens (tertiary/aromatic N) is 4. The van der Waals surface area contributed by atoms with E-state index in [0.717, 1.165) is 5.69 Å². The third-order valence-corrected chi connectivity index (χ3v) is 2.81. The molecule has 0 amide bonds. The van der Waals surface area contributed by atoms with Gasteiger partial charge in [0, 0.05) is 38.0 Å². The number of hydrogen-bond donors (Lipinski definition) is 1. The van der Waals surface area contributed by atoms with Gasteiger partial charge in [0.25, 0.3) is 0 Å². The number of nitrogens with two attached hydrogens (primary N) is 1. The zero-order chi connectivity index (χ0) is 15.5. The van der Waals surface area contributed by atoms with Crippen LogP contribution >= 0.6 is 0 Å². The van der Waals surface area contributed by atoms with E-state index in [0.29, 0.717) is 13.0 Å². The van der Waals surface area contributed by atoms with E-state index in [9.17, 15) is 13.2 Å². The molecule has 0 aliphatic heterocycles. The molecule has 0 saturated carbocycles. The molecular formula is C13H14F3N5. The Balaban J connectivity index is 2.12. The minimum Gasteiger partial charge on any atom is -0.384 e. The van der Waals surface area contributed by atoms with Crippen LogP contribution in [0.3, 0.4) is 0 Å². The van der Waals surface area contributed by atoms with Crippen molar-refractivity contribution in [2.75, 3.05) is 24.2 Å². The summed E-state index contributed by atoms with van der Waals surface area (Å²) < 4.78 is 38.0. The molecule has 0 radical (unpaired) electrons. The molecule has 0 aliphatic carbocycles. The molecule has 8 heteroatoms. The average molecular weight is 297 g/mol. The normalized spacial score (nSPS) is 11.4. The topological polar surface area (TPSA) is 67.9 Å². The van der Waals surface area contributed by atoms with Crippen molar-refractivity contribution in [1.29, 1.82) is 0 Å². The number of hydrogen-bond acceptors (Lipinski definition) is 5. The number of anilines is 2. The van der Waals surface area contributed by atoms with Gasteiger partial charge in [-0.2, -0.15) is 13.2 Å². The van der Waals surface area contributed by atoms with Gasteiger partial charge in [0.05, 0.1) is 0 Å². The molecule has 0 saturated heterocycles. The minimum atomic E-state index is -4.62. The number of alkyl halides is 3. The molecule has 0 aliphatic rings. The third-order valence-electron chi connectivity index (χ3n) is 2.81. The maximum absolute atomic E-state index is 12.7. The van der Waals surface area contributed by atoms with Gasteiger partial charge in [0.15, 0.2) is 0 Å². The predicted molar refractivity (Wildman–Crippen MR) is 72.7 cm³/mol. The summed E-state index contributed by atoms with van der Waals surface area (Å²) in [6.45, 7) is 0.463. The van der Waals surface area contributed by atoms with E-state index in [1.807, 2.05) is 12.1 Å². The smallest absolute Gasteiger partial charge is 0.384 e. The number of aromatic nitrogens is 3. The van der Waals surface area contributed by atoms with Crippen LogP contribution in [0.5, 0.6) is 0 Å². The van der Waals surface area contributed by atoms with Crippen LogP contribution in [0.15, 0.2) is 30.5 Å². The Morgan fingerprint density at radius 2 is 2.00 bits per heavy atom. The monoisotopic (exact) mass is 297 g/mol. The molecule has 21 heavy (non-hydrogen) atoms. The molecule has 2 aromatic heterocycles. The Hall–Kier alpha value is -2.38. The quantitative estimate of drug-likeness (QED) is 0.936. The van der Waals surface area contributed by atoms with Crippen molar-refractivity contribution in [3.8, 4) is 0 Å². The van der Waals surface area contributed by atoms with Crippen molar-refractivity contribution in [3.05, 3.63) is 42.0 Å². The Morgan fingerprint density at radius 3 is 2.62 bits per heavy atom. The van der Waals surface area contributed by atoms with Gasteiger partial charge in [0.2, 0.25) is 5.82 Å².